The van der Waals surface area contributed by atoms with Gasteiger partial charge in [0.1, 0.15) is 5.75 Å². The maximum Gasteiger partial charge on any atom is 0.317 e. The summed E-state index contributed by atoms with van der Waals surface area (Å²) < 4.78 is 18.8. The lowest BCUT2D eigenvalue weighted by molar-refractivity contribution is -0.0373. The van der Waals surface area contributed by atoms with Gasteiger partial charge in [0.2, 0.25) is 0 Å². The molecule has 2 aromatic heterocycles. The molecule has 0 saturated carbocycles. The van der Waals surface area contributed by atoms with Crippen LogP contribution in [0.4, 0.5) is 4.79 Å². The minimum absolute atomic E-state index is 0.00802. The maximum atomic E-state index is 13.0. The van der Waals surface area contributed by atoms with Crippen molar-refractivity contribution in [3.63, 3.8) is 0 Å². The normalized spacial score (nSPS) is 20.5. The average Bonchev–Trinajstić information content (AvgIpc) is 3.31. The number of rotatable bonds is 8. The Morgan fingerprint density at radius 3 is 2.55 bits per heavy atom. The molecule has 0 radical (unpaired) electrons. The van der Waals surface area contributed by atoms with Crippen molar-refractivity contribution in [1.29, 1.82) is 0 Å². The number of carbonyl (C=O) groups is 1. The van der Waals surface area contributed by atoms with E-state index in [0.29, 0.717) is 19.6 Å². The number of nitrogens with one attached hydrogen (secondary N) is 1. The first kappa shape index (κ1) is 30.3. The summed E-state index contributed by atoms with van der Waals surface area (Å²) in [5.41, 5.74) is 4.28. The van der Waals surface area contributed by atoms with E-state index in [0.717, 1.165) is 66.1 Å². The number of hydrogen-bond acceptors (Lipinski definition) is 7. The van der Waals surface area contributed by atoms with Crippen molar-refractivity contribution >= 4 is 17.1 Å². The molecule has 228 valence electrons. The van der Waals surface area contributed by atoms with Gasteiger partial charge >= 0.3 is 6.03 Å². The Bertz CT molecular complexity index is 1390. The van der Waals surface area contributed by atoms with Crippen molar-refractivity contribution in [3.8, 4) is 17.0 Å². The molecule has 2 aliphatic rings. The number of amides is 2. The molecular formula is C32H46N6O4. The van der Waals surface area contributed by atoms with E-state index >= 15 is 0 Å². The lowest BCUT2D eigenvalue weighted by atomic mass is 9.88. The summed E-state index contributed by atoms with van der Waals surface area (Å²) in [6.45, 7) is 16.4. The van der Waals surface area contributed by atoms with Crippen LogP contribution < -0.4 is 10.1 Å². The standard InChI is InChI=1S/C32H46N6O4/c1-8-33-30(39)37-20-31(3,4)36(19-32(37,5)6)18-24-17-26(23-12-14-25(15-13-23)42-21-40-7)34-29-28(24)22(2)35-38(29)27-11-9-10-16-41-27/h12-15,17,27H,8-11,16,18-21H2,1-7H3,(H,33,39). The minimum Gasteiger partial charge on any atom is -0.468 e. The molecule has 10 nitrogen and oxygen atoms in total. The molecule has 10 heteroatoms. The van der Waals surface area contributed by atoms with Crippen LogP contribution in [0.3, 0.4) is 0 Å². The first-order chi connectivity index (χ1) is 20.0. The van der Waals surface area contributed by atoms with Crippen molar-refractivity contribution < 1.29 is 19.0 Å². The number of pyridine rings is 1. The minimum atomic E-state index is -0.336. The van der Waals surface area contributed by atoms with Crippen molar-refractivity contribution in [3.05, 3.63) is 41.6 Å². The zero-order valence-electron chi connectivity index (χ0n) is 26.2. The lowest BCUT2D eigenvalue weighted by Gasteiger charge is -2.55. The van der Waals surface area contributed by atoms with Crippen molar-refractivity contribution in [1.82, 2.24) is 29.9 Å². The van der Waals surface area contributed by atoms with Crippen molar-refractivity contribution in [2.24, 2.45) is 0 Å². The summed E-state index contributed by atoms with van der Waals surface area (Å²) in [5, 5.41) is 9.06. The lowest BCUT2D eigenvalue weighted by Crippen LogP contribution is -2.69. The smallest absolute Gasteiger partial charge is 0.317 e. The topological polar surface area (TPSA) is 94.0 Å². The molecule has 0 bridgehead atoms. The highest BCUT2D eigenvalue weighted by atomic mass is 16.7. The van der Waals surface area contributed by atoms with E-state index in [1.165, 1.54) is 5.56 Å². The number of aromatic nitrogens is 3. The van der Waals surface area contributed by atoms with E-state index in [4.69, 9.17) is 24.3 Å². The summed E-state index contributed by atoms with van der Waals surface area (Å²) in [6.07, 6.45) is 2.99. The predicted molar refractivity (Wildman–Crippen MR) is 163 cm³/mol. The fourth-order valence-corrected chi connectivity index (χ4v) is 6.18. The van der Waals surface area contributed by atoms with Crippen LogP contribution in [0.2, 0.25) is 0 Å². The molecule has 5 rings (SSSR count). The Labute approximate surface area is 249 Å². The van der Waals surface area contributed by atoms with Gasteiger partial charge in [-0.05, 0) is 96.7 Å². The van der Waals surface area contributed by atoms with Crippen LogP contribution in [0.5, 0.6) is 5.75 Å². The maximum absolute atomic E-state index is 13.0. The summed E-state index contributed by atoms with van der Waals surface area (Å²) in [5.74, 6) is 0.743. The van der Waals surface area contributed by atoms with Crippen LogP contribution in [-0.4, -0.2) is 81.8 Å². The SMILES string of the molecule is CCNC(=O)N1CC(C)(C)N(Cc2cc(-c3ccc(OCOC)cc3)nc3c2c(C)nn3C2CCCCO2)CC1(C)C. The number of nitrogens with zero attached hydrogens (tertiary/aromatic N) is 5. The average molecular weight is 579 g/mol. The highest BCUT2D eigenvalue weighted by molar-refractivity contribution is 5.85. The van der Waals surface area contributed by atoms with Gasteiger partial charge in [-0.15, -0.1) is 0 Å². The number of aryl methyl sites for hydroxylation is 1. The second kappa shape index (κ2) is 12.2. The van der Waals surface area contributed by atoms with Gasteiger partial charge in [0.05, 0.1) is 16.9 Å². The van der Waals surface area contributed by atoms with Crippen LogP contribution in [0.1, 0.15) is 71.4 Å². The number of fused-ring (bicyclic) bond motifs is 1. The highest BCUT2D eigenvalue weighted by Crippen LogP contribution is 2.36. The zero-order valence-corrected chi connectivity index (χ0v) is 26.2. The molecule has 1 N–H and O–H groups in total. The molecule has 2 saturated heterocycles. The number of methoxy groups -OCH3 is 1. The van der Waals surface area contributed by atoms with E-state index in [1.54, 1.807) is 7.11 Å². The van der Waals surface area contributed by atoms with Crippen LogP contribution in [0.15, 0.2) is 30.3 Å². The second-order valence-corrected chi connectivity index (χ2v) is 12.7. The third-order valence-corrected chi connectivity index (χ3v) is 8.48. The van der Waals surface area contributed by atoms with E-state index in [9.17, 15) is 4.79 Å². The van der Waals surface area contributed by atoms with E-state index in [-0.39, 0.29) is 30.1 Å². The van der Waals surface area contributed by atoms with E-state index < -0.39 is 0 Å². The summed E-state index contributed by atoms with van der Waals surface area (Å²) in [6, 6.07) is 10.1. The van der Waals surface area contributed by atoms with Gasteiger partial charge < -0.3 is 24.4 Å². The van der Waals surface area contributed by atoms with Gasteiger partial charge in [-0.2, -0.15) is 5.10 Å². The van der Waals surface area contributed by atoms with E-state index in [2.05, 4.69) is 50.9 Å². The van der Waals surface area contributed by atoms with Crippen molar-refractivity contribution in [2.45, 2.75) is 84.7 Å². The third kappa shape index (κ3) is 6.11. The Balaban J connectivity index is 1.56. The molecule has 1 atom stereocenters. The van der Waals surface area contributed by atoms with Crippen LogP contribution >= 0.6 is 0 Å². The molecule has 0 spiro atoms. The van der Waals surface area contributed by atoms with Gasteiger partial charge in [0.25, 0.3) is 0 Å². The van der Waals surface area contributed by atoms with E-state index in [1.807, 2.05) is 40.8 Å². The molecule has 4 heterocycles. The molecule has 1 aromatic carbocycles. The number of piperazine rings is 1. The van der Waals surface area contributed by atoms with Crippen LogP contribution in [0.25, 0.3) is 22.3 Å². The second-order valence-electron chi connectivity index (χ2n) is 12.7. The summed E-state index contributed by atoms with van der Waals surface area (Å²) in [7, 11) is 1.61. The fourth-order valence-electron chi connectivity index (χ4n) is 6.18. The summed E-state index contributed by atoms with van der Waals surface area (Å²) >= 11 is 0. The quantitative estimate of drug-likeness (QED) is 0.353. The van der Waals surface area contributed by atoms with Gasteiger partial charge in [-0.3, -0.25) is 4.90 Å². The molecule has 3 aromatic rings. The number of carbonyl (C=O) groups excluding carboxylic acids is 1. The number of urea groups is 1. The first-order valence-electron chi connectivity index (χ1n) is 15.1. The predicted octanol–water partition coefficient (Wildman–Crippen LogP) is 5.49. The Hall–Kier alpha value is -3.21. The number of benzene rings is 1. The Morgan fingerprint density at radius 1 is 1.12 bits per heavy atom. The molecule has 42 heavy (non-hydrogen) atoms. The highest BCUT2D eigenvalue weighted by Gasteiger charge is 2.45. The van der Waals surface area contributed by atoms with Crippen LogP contribution in [0, 0.1) is 6.92 Å². The Kier molecular flexibility index (Phi) is 8.78. The molecule has 1 unspecified atom stereocenters. The summed E-state index contributed by atoms with van der Waals surface area (Å²) in [4.78, 5) is 22.6. The first-order valence-corrected chi connectivity index (χ1v) is 15.1. The molecule has 2 amide bonds. The fraction of sp³-hybridized carbons (Fsp3) is 0.594. The van der Waals surface area contributed by atoms with Gasteiger partial charge in [-0.1, -0.05) is 0 Å². The van der Waals surface area contributed by atoms with Crippen LogP contribution in [-0.2, 0) is 16.0 Å². The van der Waals surface area contributed by atoms with Gasteiger partial charge in [-0.25, -0.2) is 14.5 Å². The number of hydrogen-bond donors (Lipinski definition) is 1. The number of ether oxygens (including phenoxy) is 3. The zero-order chi connectivity index (χ0) is 30.1. The molecular weight excluding hydrogens is 532 g/mol. The Morgan fingerprint density at radius 2 is 1.88 bits per heavy atom. The molecule has 2 fully saturated rings. The van der Waals surface area contributed by atoms with Crippen molar-refractivity contribution in [2.75, 3.05) is 40.1 Å². The largest absolute Gasteiger partial charge is 0.468 e. The van der Waals surface area contributed by atoms with Gasteiger partial charge in [0, 0.05) is 56.4 Å². The molecule has 0 aliphatic carbocycles. The third-order valence-electron chi connectivity index (χ3n) is 8.48. The monoisotopic (exact) mass is 578 g/mol. The van der Waals surface area contributed by atoms with Gasteiger partial charge in [0.15, 0.2) is 18.7 Å². The molecule has 2 aliphatic heterocycles.